The fraction of sp³-hybridized carbons (Fsp3) is 0.263. The molecule has 2 aromatic rings. The van der Waals surface area contributed by atoms with E-state index in [0.29, 0.717) is 11.3 Å². The Balaban J connectivity index is 1.92. The second-order valence-electron chi connectivity index (χ2n) is 6.01. The fourth-order valence-electron chi connectivity index (χ4n) is 2.30. The molecule has 150 valence electrons. The molecule has 0 spiro atoms. The minimum atomic E-state index is -3.91. The predicted octanol–water partition coefficient (Wildman–Crippen LogP) is 1.39. The largest absolute Gasteiger partial charge is 0.497 e. The average Bonchev–Trinajstić information content (AvgIpc) is 2.71. The summed E-state index contributed by atoms with van der Waals surface area (Å²) in [7, 11) is -2.43. The number of benzene rings is 2. The van der Waals surface area contributed by atoms with Gasteiger partial charge in [0.1, 0.15) is 5.75 Å². The zero-order valence-corrected chi connectivity index (χ0v) is 16.7. The first-order valence-electron chi connectivity index (χ1n) is 8.62. The Hall–Kier alpha value is -2.91. The predicted molar refractivity (Wildman–Crippen MR) is 104 cm³/mol. The van der Waals surface area contributed by atoms with Crippen LogP contribution in [-0.2, 0) is 21.2 Å². The van der Waals surface area contributed by atoms with Gasteiger partial charge in [-0.25, -0.2) is 8.42 Å². The number of methoxy groups -OCH3 is 1. The van der Waals surface area contributed by atoms with Crippen molar-refractivity contribution >= 4 is 21.8 Å². The number of nitrogens with one attached hydrogen (secondary N) is 3. The van der Waals surface area contributed by atoms with Gasteiger partial charge in [-0.15, -0.1) is 0 Å². The van der Waals surface area contributed by atoms with Crippen LogP contribution >= 0.6 is 0 Å². The van der Waals surface area contributed by atoms with E-state index >= 15 is 0 Å². The van der Waals surface area contributed by atoms with Gasteiger partial charge in [0.2, 0.25) is 10.0 Å². The van der Waals surface area contributed by atoms with E-state index in [9.17, 15) is 18.0 Å². The molecular weight excluding hydrogens is 382 g/mol. The van der Waals surface area contributed by atoms with Crippen LogP contribution in [0.1, 0.15) is 29.8 Å². The van der Waals surface area contributed by atoms with Crippen LogP contribution in [0.5, 0.6) is 5.75 Å². The molecule has 28 heavy (non-hydrogen) atoms. The molecule has 0 bridgehead atoms. The molecule has 0 aromatic heterocycles. The van der Waals surface area contributed by atoms with E-state index in [1.54, 1.807) is 12.1 Å². The third-order valence-electron chi connectivity index (χ3n) is 4.02. The number of hydrogen-bond donors (Lipinski definition) is 3. The number of hydrogen-bond acceptors (Lipinski definition) is 5. The molecule has 0 aliphatic rings. The molecule has 0 unspecified atom stereocenters. The summed E-state index contributed by atoms with van der Waals surface area (Å²) in [6.07, 6.45) is 0.852. The van der Waals surface area contributed by atoms with Crippen molar-refractivity contribution in [1.82, 2.24) is 15.6 Å². The SMILES string of the molecule is CCc1ccc(C(=O)NNC(=O)[C@H](C)NS(=O)(=O)c2ccc(OC)cc2)cc1. The lowest BCUT2D eigenvalue weighted by Crippen LogP contribution is -2.51. The van der Waals surface area contributed by atoms with Crippen LogP contribution in [0.4, 0.5) is 0 Å². The molecule has 2 amide bonds. The van der Waals surface area contributed by atoms with Crippen LogP contribution in [0, 0.1) is 0 Å². The van der Waals surface area contributed by atoms with Gasteiger partial charge in [0.15, 0.2) is 0 Å². The van der Waals surface area contributed by atoms with Crippen LogP contribution in [0.25, 0.3) is 0 Å². The molecule has 8 nitrogen and oxygen atoms in total. The average molecular weight is 405 g/mol. The van der Waals surface area contributed by atoms with Gasteiger partial charge in [-0.2, -0.15) is 4.72 Å². The van der Waals surface area contributed by atoms with Gasteiger partial charge in [-0.1, -0.05) is 19.1 Å². The van der Waals surface area contributed by atoms with Crippen molar-refractivity contribution in [3.63, 3.8) is 0 Å². The minimum Gasteiger partial charge on any atom is -0.497 e. The third-order valence-corrected chi connectivity index (χ3v) is 5.58. The minimum absolute atomic E-state index is 0.00648. The van der Waals surface area contributed by atoms with Gasteiger partial charge in [0.25, 0.3) is 11.8 Å². The second-order valence-corrected chi connectivity index (χ2v) is 7.73. The zero-order valence-electron chi connectivity index (χ0n) is 15.9. The van der Waals surface area contributed by atoms with E-state index in [2.05, 4.69) is 15.6 Å². The van der Waals surface area contributed by atoms with Crippen molar-refractivity contribution in [2.45, 2.75) is 31.2 Å². The summed E-state index contributed by atoms with van der Waals surface area (Å²) in [5.74, 6) is -0.684. The number of carbonyl (C=O) groups excluding carboxylic acids is 2. The molecule has 1 atom stereocenters. The van der Waals surface area contributed by atoms with E-state index in [-0.39, 0.29) is 4.90 Å². The summed E-state index contributed by atoms with van der Waals surface area (Å²) in [6, 6.07) is 11.6. The van der Waals surface area contributed by atoms with Crippen LogP contribution < -0.4 is 20.3 Å². The van der Waals surface area contributed by atoms with Crippen LogP contribution in [0.3, 0.4) is 0 Å². The lowest BCUT2D eigenvalue weighted by Gasteiger charge is -2.15. The molecule has 0 aliphatic heterocycles. The number of carbonyl (C=O) groups is 2. The van der Waals surface area contributed by atoms with Gasteiger partial charge in [-0.05, 0) is 55.3 Å². The maximum atomic E-state index is 12.3. The monoisotopic (exact) mass is 405 g/mol. The van der Waals surface area contributed by atoms with Gasteiger partial charge in [0.05, 0.1) is 18.0 Å². The highest BCUT2D eigenvalue weighted by Gasteiger charge is 2.22. The molecule has 3 N–H and O–H groups in total. The third kappa shape index (κ3) is 5.54. The first-order valence-corrected chi connectivity index (χ1v) is 10.1. The first kappa shape index (κ1) is 21.4. The standard InChI is InChI=1S/C19H23N3O5S/c1-4-14-5-7-15(8-6-14)19(24)21-20-18(23)13(2)22-28(25,26)17-11-9-16(27-3)10-12-17/h5-13,22H,4H2,1-3H3,(H,20,23)(H,21,24)/t13-/m0/s1. The molecule has 0 saturated carbocycles. The van der Waals surface area contributed by atoms with E-state index in [1.165, 1.54) is 38.3 Å². The number of amides is 2. The van der Waals surface area contributed by atoms with E-state index in [1.807, 2.05) is 19.1 Å². The maximum absolute atomic E-state index is 12.3. The Bertz CT molecular complexity index is 925. The Kier molecular flexibility index (Phi) is 7.13. The Labute approximate surface area is 164 Å². The van der Waals surface area contributed by atoms with Crippen molar-refractivity contribution in [2.24, 2.45) is 0 Å². The Morgan fingerprint density at radius 1 is 1.00 bits per heavy atom. The van der Waals surface area contributed by atoms with Crippen molar-refractivity contribution in [2.75, 3.05) is 7.11 Å². The quantitative estimate of drug-likeness (QED) is 0.603. The topological polar surface area (TPSA) is 114 Å². The molecular formula is C19H23N3O5S. The summed E-state index contributed by atoms with van der Waals surface area (Å²) in [4.78, 5) is 24.2. The van der Waals surface area contributed by atoms with E-state index in [0.717, 1.165) is 12.0 Å². The first-order chi connectivity index (χ1) is 13.3. The highest BCUT2D eigenvalue weighted by atomic mass is 32.2. The number of hydrazine groups is 1. The maximum Gasteiger partial charge on any atom is 0.269 e. The normalized spacial score (nSPS) is 12.1. The Morgan fingerprint density at radius 2 is 1.61 bits per heavy atom. The second kappa shape index (κ2) is 9.34. The Morgan fingerprint density at radius 3 is 2.14 bits per heavy atom. The molecule has 0 saturated heterocycles. The number of rotatable bonds is 7. The molecule has 0 aliphatic carbocycles. The highest BCUT2D eigenvalue weighted by Crippen LogP contribution is 2.15. The smallest absolute Gasteiger partial charge is 0.269 e. The molecule has 9 heteroatoms. The summed E-state index contributed by atoms with van der Waals surface area (Å²) >= 11 is 0. The van der Waals surface area contributed by atoms with Crippen LogP contribution in [0.15, 0.2) is 53.4 Å². The van der Waals surface area contributed by atoms with Crippen LogP contribution in [0.2, 0.25) is 0 Å². The molecule has 0 fully saturated rings. The summed E-state index contributed by atoms with van der Waals surface area (Å²) in [6.45, 7) is 3.38. The summed E-state index contributed by atoms with van der Waals surface area (Å²) in [5.41, 5.74) is 5.95. The molecule has 2 rings (SSSR count). The van der Waals surface area contributed by atoms with E-state index in [4.69, 9.17) is 4.74 Å². The lowest BCUT2D eigenvalue weighted by atomic mass is 10.1. The lowest BCUT2D eigenvalue weighted by molar-refractivity contribution is -0.123. The number of aryl methyl sites for hydroxylation is 1. The molecule has 2 aromatic carbocycles. The molecule has 0 heterocycles. The van der Waals surface area contributed by atoms with Crippen molar-refractivity contribution in [1.29, 1.82) is 0 Å². The highest BCUT2D eigenvalue weighted by molar-refractivity contribution is 7.89. The van der Waals surface area contributed by atoms with Crippen LogP contribution in [-0.4, -0.2) is 33.4 Å². The summed E-state index contributed by atoms with van der Waals surface area (Å²) in [5, 5.41) is 0. The van der Waals surface area contributed by atoms with Gasteiger partial charge >= 0.3 is 0 Å². The number of sulfonamides is 1. The summed E-state index contributed by atoms with van der Waals surface area (Å²) < 4.78 is 31.9. The fourth-order valence-corrected chi connectivity index (χ4v) is 3.50. The van der Waals surface area contributed by atoms with Gasteiger partial charge in [-0.3, -0.25) is 20.4 Å². The zero-order chi connectivity index (χ0) is 20.7. The van der Waals surface area contributed by atoms with E-state index < -0.39 is 27.9 Å². The number of ether oxygens (including phenoxy) is 1. The van der Waals surface area contributed by atoms with Crippen molar-refractivity contribution < 1.29 is 22.7 Å². The van der Waals surface area contributed by atoms with Gasteiger partial charge < -0.3 is 4.74 Å². The van der Waals surface area contributed by atoms with Gasteiger partial charge in [0, 0.05) is 5.56 Å². The molecule has 0 radical (unpaired) electrons. The van der Waals surface area contributed by atoms with Crippen molar-refractivity contribution in [3.8, 4) is 5.75 Å². The van der Waals surface area contributed by atoms with Crippen molar-refractivity contribution in [3.05, 3.63) is 59.7 Å².